The first-order chi connectivity index (χ1) is 8.79. The van der Waals surface area contributed by atoms with Gasteiger partial charge in [0.2, 0.25) is 0 Å². The second-order valence-electron chi connectivity index (χ2n) is 4.35. The van der Waals surface area contributed by atoms with Crippen molar-refractivity contribution in [2.75, 3.05) is 0 Å². The van der Waals surface area contributed by atoms with Crippen LogP contribution in [0.1, 0.15) is 41.4 Å². The zero-order valence-corrected chi connectivity index (χ0v) is 11.4. The first-order valence-electron chi connectivity index (χ1n) is 6.37. The third-order valence-corrected chi connectivity index (χ3v) is 3.75. The first kappa shape index (κ1) is 13.0. The molecule has 3 nitrogen and oxygen atoms in total. The van der Waals surface area contributed by atoms with E-state index in [2.05, 4.69) is 29.5 Å². The third-order valence-electron chi connectivity index (χ3n) is 2.82. The van der Waals surface area contributed by atoms with Crippen LogP contribution >= 0.6 is 11.3 Å². The van der Waals surface area contributed by atoms with E-state index in [0.29, 0.717) is 6.42 Å². The summed E-state index contributed by atoms with van der Waals surface area (Å²) in [5.41, 5.74) is 0.745. The van der Waals surface area contributed by atoms with Crippen LogP contribution < -0.4 is 0 Å². The van der Waals surface area contributed by atoms with Gasteiger partial charge in [-0.1, -0.05) is 13.0 Å². The number of carbonyl (C=O) groups is 1. The second-order valence-corrected chi connectivity index (χ2v) is 5.38. The summed E-state index contributed by atoms with van der Waals surface area (Å²) in [6.45, 7) is 2.98. The molecule has 0 saturated heterocycles. The highest BCUT2D eigenvalue weighted by Crippen LogP contribution is 2.13. The highest BCUT2D eigenvalue weighted by atomic mass is 32.1. The number of hydrogen-bond acceptors (Lipinski definition) is 3. The molecule has 18 heavy (non-hydrogen) atoms. The summed E-state index contributed by atoms with van der Waals surface area (Å²) in [6, 6.07) is 4.17. The molecule has 0 radical (unpaired) electrons. The number of thiophene rings is 1. The van der Waals surface area contributed by atoms with E-state index in [9.17, 15) is 4.79 Å². The molecule has 4 heteroatoms. The van der Waals surface area contributed by atoms with Crippen LogP contribution in [0, 0.1) is 0 Å². The lowest BCUT2D eigenvalue weighted by molar-refractivity contribution is 0.0980. The Balaban J connectivity index is 1.80. The maximum atomic E-state index is 11.9. The van der Waals surface area contributed by atoms with Gasteiger partial charge in [0.15, 0.2) is 5.78 Å². The summed E-state index contributed by atoms with van der Waals surface area (Å²) in [6.07, 6.45) is 7.09. The van der Waals surface area contributed by atoms with Crippen molar-refractivity contribution in [2.45, 2.75) is 39.2 Å². The SMILES string of the molecule is CCCn1cc(C(=O)CCCc2cccs2)cn1. The van der Waals surface area contributed by atoms with Gasteiger partial charge in [-0.2, -0.15) is 5.10 Å². The average molecular weight is 262 g/mol. The van der Waals surface area contributed by atoms with Gasteiger partial charge in [-0.05, 0) is 30.7 Å². The number of aromatic nitrogens is 2. The van der Waals surface area contributed by atoms with E-state index in [-0.39, 0.29) is 5.78 Å². The molecule has 0 unspecified atom stereocenters. The molecule has 2 rings (SSSR count). The van der Waals surface area contributed by atoms with Crippen molar-refractivity contribution in [1.29, 1.82) is 0 Å². The van der Waals surface area contributed by atoms with Crippen molar-refractivity contribution >= 4 is 17.1 Å². The van der Waals surface area contributed by atoms with E-state index >= 15 is 0 Å². The molecule has 0 aliphatic rings. The molecule has 96 valence electrons. The highest BCUT2D eigenvalue weighted by molar-refractivity contribution is 7.09. The van der Waals surface area contributed by atoms with Gasteiger partial charge in [-0.3, -0.25) is 9.48 Å². The molecule has 0 saturated carbocycles. The summed E-state index contributed by atoms with van der Waals surface area (Å²) in [4.78, 5) is 13.3. The van der Waals surface area contributed by atoms with E-state index in [1.165, 1.54) is 4.88 Å². The minimum atomic E-state index is 0.203. The summed E-state index contributed by atoms with van der Waals surface area (Å²) < 4.78 is 1.84. The van der Waals surface area contributed by atoms with Gasteiger partial charge in [0.1, 0.15) is 0 Å². The predicted octanol–water partition coefficient (Wildman–Crippen LogP) is 3.56. The molecule has 0 aromatic carbocycles. The van der Waals surface area contributed by atoms with Crippen LogP contribution in [0.3, 0.4) is 0 Å². The number of carbonyl (C=O) groups excluding carboxylic acids is 1. The summed E-state index contributed by atoms with van der Waals surface area (Å²) in [5, 5.41) is 6.26. The Kier molecular flexibility index (Phi) is 4.70. The Morgan fingerprint density at radius 1 is 1.50 bits per heavy atom. The number of ketones is 1. The fourth-order valence-corrected chi connectivity index (χ4v) is 2.63. The van der Waals surface area contributed by atoms with E-state index in [0.717, 1.165) is 31.4 Å². The Hall–Kier alpha value is -1.42. The lowest BCUT2D eigenvalue weighted by atomic mass is 10.1. The molecule has 0 bridgehead atoms. The number of rotatable bonds is 7. The molecule has 0 fully saturated rings. The standard InChI is InChI=1S/C14H18N2OS/c1-2-8-16-11-12(10-15-16)14(17)7-3-5-13-6-4-9-18-13/h4,6,9-11H,2-3,5,7-8H2,1H3. The van der Waals surface area contributed by atoms with Crippen molar-refractivity contribution in [3.8, 4) is 0 Å². The summed E-state index contributed by atoms with van der Waals surface area (Å²) in [7, 11) is 0. The van der Waals surface area contributed by atoms with Crippen LogP contribution in [0.25, 0.3) is 0 Å². The minimum Gasteiger partial charge on any atom is -0.294 e. The minimum absolute atomic E-state index is 0.203. The number of aryl methyl sites for hydroxylation is 2. The molecule has 0 spiro atoms. The fourth-order valence-electron chi connectivity index (χ4n) is 1.88. The number of hydrogen-bond donors (Lipinski definition) is 0. The Bertz CT molecular complexity index is 488. The molecule has 0 atom stereocenters. The number of nitrogens with zero attached hydrogens (tertiary/aromatic N) is 2. The molecular weight excluding hydrogens is 244 g/mol. The van der Waals surface area contributed by atoms with Gasteiger partial charge in [0.25, 0.3) is 0 Å². The van der Waals surface area contributed by atoms with E-state index in [1.54, 1.807) is 17.5 Å². The molecule has 0 aliphatic heterocycles. The van der Waals surface area contributed by atoms with Gasteiger partial charge in [-0.15, -0.1) is 11.3 Å². The van der Waals surface area contributed by atoms with Gasteiger partial charge in [0, 0.05) is 24.0 Å². The van der Waals surface area contributed by atoms with Crippen molar-refractivity contribution in [1.82, 2.24) is 9.78 Å². The topological polar surface area (TPSA) is 34.9 Å². The third kappa shape index (κ3) is 3.53. The zero-order valence-electron chi connectivity index (χ0n) is 10.6. The van der Waals surface area contributed by atoms with Gasteiger partial charge >= 0.3 is 0 Å². The van der Waals surface area contributed by atoms with E-state index in [1.807, 2.05) is 10.9 Å². The quantitative estimate of drug-likeness (QED) is 0.715. The van der Waals surface area contributed by atoms with Crippen LogP contribution in [0.15, 0.2) is 29.9 Å². The normalized spacial score (nSPS) is 10.7. The van der Waals surface area contributed by atoms with Crippen LogP contribution in [0.4, 0.5) is 0 Å². The fraction of sp³-hybridized carbons (Fsp3) is 0.429. The van der Waals surface area contributed by atoms with Gasteiger partial charge in [-0.25, -0.2) is 0 Å². The van der Waals surface area contributed by atoms with E-state index in [4.69, 9.17) is 0 Å². The zero-order chi connectivity index (χ0) is 12.8. The van der Waals surface area contributed by atoms with Crippen molar-refractivity contribution in [2.24, 2.45) is 0 Å². The average Bonchev–Trinajstić information content (AvgIpc) is 3.00. The van der Waals surface area contributed by atoms with E-state index < -0.39 is 0 Å². The maximum Gasteiger partial charge on any atom is 0.166 e. The lowest BCUT2D eigenvalue weighted by Gasteiger charge is -1.98. The predicted molar refractivity (Wildman–Crippen MR) is 74.1 cm³/mol. The Labute approximate surface area is 111 Å². The molecule has 2 aromatic heterocycles. The van der Waals surface area contributed by atoms with Gasteiger partial charge < -0.3 is 0 Å². The lowest BCUT2D eigenvalue weighted by Crippen LogP contribution is -1.99. The maximum absolute atomic E-state index is 11.9. The van der Waals surface area contributed by atoms with Crippen LogP contribution in [0.2, 0.25) is 0 Å². The van der Waals surface area contributed by atoms with Crippen molar-refractivity contribution in [3.63, 3.8) is 0 Å². The van der Waals surface area contributed by atoms with Crippen LogP contribution in [0.5, 0.6) is 0 Å². The Morgan fingerprint density at radius 2 is 2.39 bits per heavy atom. The van der Waals surface area contributed by atoms with Gasteiger partial charge in [0.05, 0.1) is 11.8 Å². The summed E-state index contributed by atoms with van der Waals surface area (Å²) >= 11 is 1.75. The largest absolute Gasteiger partial charge is 0.294 e. The highest BCUT2D eigenvalue weighted by Gasteiger charge is 2.08. The molecule has 0 N–H and O–H groups in total. The molecular formula is C14H18N2OS. The molecule has 2 aromatic rings. The number of Topliss-reactive ketones (excluding diaryl/α,β-unsaturated/α-hetero) is 1. The molecule has 0 aliphatic carbocycles. The van der Waals surface area contributed by atoms with Crippen LogP contribution in [-0.2, 0) is 13.0 Å². The van der Waals surface area contributed by atoms with Crippen LogP contribution in [-0.4, -0.2) is 15.6 Å². The van der Waals surface area contributed by atoms with Crippen molar-refractivity contribution < 1.29 is 4.79 Å². The second kappa shape index (κ2) is 6.50. The Morgan fingerprint density at radius 3 is 3.11 bits per heavy atom. The van der Waals surface area contributed by atoms with Crippen molar-refractivity contribution in [3.05, 3.63) is 40.3 Å². The smallest absolute Gasteiger partial charge is 0.166 e. The molecule has 0 amide bonds. The monoisotopic (exact) mass is 262 g/mol. The molecule has 2 heterocycles. The first-order valence-corrected chi connectivity index (χ1v) is 7.25. The summed E-state index contributed by atoms with van der Waals surface area (Å²) in [5.74, 6) is 0.203.